The first-order valence-electron chi connectivity index (χ1n) is 2.66. The van der Waals surface area contributed by atoms with Crippen LogP contribution in [-0.2, 0) is 6.18 Å². The molecule has 0 N–H and O–H groups in total. The van der Waals surface area contributed by atoms with Gasteiger partial charge in [0.05, 0.1) is 4.47 Å². The Morgan fingerprint density at radius 2 is 1.92 bits per heavy atom. The standard InChI is InChI=1S/C5HBrF4N2/c6-2-1-11-4(7)12-3(2)5(8,9)10/h1H. The number of hydrogen-bond donors (Lipinski definition) is 0. The number of halogens is 5. The molecule has 7 heteroatoms. The number of alkyl halides is 3. The first kappa shape index (κ1) is 9.37. The van der Waals surface area contributed by atoms with E-state index in [1.54, 1.807) is 0 Å². The molecule has 0 spiro atoms. The van der Waals surface area contributed by atoms with E-state index in [1.165, 1.54) is 0 Å². The summed E-state index contributed by atoms with van der Waals surface area (Å²) in [6, 6.07) is 0. The van der Waals surface area contributed by atoms with Crippen LogP contribution in [-0.4, -0.2) is 9.97 Å². The van der Waals surface area contributed by atoms with Crippen LogP contribution in [0.15, 0.2) is 10.7 Å². The fourth-order valence-electron chi connectivity index (χ4n) is 0.544. The van der Waals surface area contributed by atoms with Crippen molar-refractivity contribution in [3.05, 3.63) is 22.4 Å². The minimum Gasteiger partial charge on any atom is -0.210 e. The lowest BCUT2D eigenvalue weighted by atomic mass is 10.4. The summed E-state index contributed by atoms with van der Waals surface area (Å²) in [7, 11) is 0. The van der Waals surface area contributed by atoms with Gasteiger partial charge in [0.2, 0.25) is 0 Å². The fourth-order valence-corrected chi connectivity index (χ4v) is 0.960. The zero-order valence-corrected chi connectivity index (χ0v) is 6.95. The molecule has 12 heavy (non-hydrogen) atoms. The molecular weight excluding hydrogens is 244 g/mol. The summed E-state index contributed by atoms with van der Waals surface area (Å²) >= 11 is 2.55. The molecule has 0 fully saturated rings. The van der Waals surface area contributed by atoms with Gasteiger partial charge in [-0.2, -0.15) is 22.5 Å². The normalized spacial score (nSPS) is 11.8. The SMILES string of the molecule is Fc1ncc(Br)c(C(F)(F)F)n1. The van der Waals surface area contributed by atoms with E-state index in [-0.39, 0.29) is 4.47 Å². The van der Waals surface area contributed by atoms with Crippen LogP contribution in [0.5, 0.6) is 0 Å². The van der Waals surface area contributed by atoms with Crippen molar-refractivity contribution in [3.8, 4) is 0 Å². The smallest absolute Gasteiger partial charge is 0.210 e. The molecule has 0 aliphatic heterocycles. The molecule has 0 aromatic carbocycles. The predicted octanol–water partition coefficient (Wildman–Crippen LogP) is 2.40. The molecule has 0 amide bonds. The van der Waals surface area contributed by atoms with Crippen molar-refractivity contribution in [3.63, 3.8) is 0 Å². The molecular formula is C5HBrF4N2. The van der Waals surface area contributed by atoms with Gasteiger partial charge >= 0.3 is 12.3 Å². The van der Waals surface area contributed by atoms with Crippen LogP contribution in [0.2, 0.25) is 0 Å². The van der Waals surface area contributed by atoms with Crippen molar-refractivity contribution < 1.29 is 17.6 Å². The molecule has 0 aliphatic carbocycles. The number of nitrogens with zero attached hydrogens (tertiary/aromatic N) is 2. The average Bonchev–Trinajstić information content (AvgIpc) is 1.92. The van der Waals surface area contributed by atoms with Gasteiger partial charge in [-0.25, -0.2) is 4.98 Å². The van der Waals surface area contributed by atoms with Gasteiger partial charge in [0.15, 0.2) is 5.69 Å². The van der Waals surface area contributed by atoms with Gasteiger partial charge in [0, 0.05) is 6.20 Å². The van der Waals surface area contributed by atoms with Crippen LogP contribution >= 0.6 is 15.9 Å². The van der Waals surface area contributed by atoms with Crippen molar-refractivity contribution in [1.29, 1.82) is 0 Å². The Labute approximate surface area is 72.8 Å². The molecule has 0 radical (unpaired) electrons. The molecule has 1 rings (SSSR count). The highest BCUT2D eigenvalue weighted by molar-refractivity contribution is 9.10. The summed E-state index contributed by atoms with van der Waals surface area (Å²) in [4.78, 5) is 5.52. The van der Waals surface area contributed by atoms with Gasteiger partial charge in [0.1, 0.15) is 0 Å². The van der Waals surface area contributed by atoms with Gasteiger partial charge in [-0.1, -0.05) is 0 Å². The fraction of sp³-hybridized carbons (Fsp3) is 0.200. The van der Waals surface area contributed by atoms with Crippen molar-refractivity contribution in [2.75, 3.05) is 0 Å². The van der Waals surface area contributed by atoms with Gasteiger partial charge < -0.3 is 0 Å². The number of hydrogen-bond acceptors (Lipinski definition) is 2. The van der Waals surface area contributed by atoms with E-state index in [0.717, 1.165) is 0 Å². The molecule has 0 bridgehead atoms. The highest BCUT2D eigenvalue weighted by Crippen LogP contribution is 2.32. The van der Waals surface area contributed by atoms with E-state index < -0.39 is 17.9 Å². The van der Waals surface area contributed by atoms with E-state index in [2.05, 4.69) is 25.9 Å². The summed E-state index contributed by atoms with van der Waals surface area (Å²) in [6.07, 6.45) is -5.35. The third-order valence-corrected chi connectivity index (χ3v) is 1.56. The van der Waals surface area contributed by atoms with E-state index in [0.29, 0.717) is 6.20 Å². The number of rotatable bonds is 0. The van der Waals surface area contributed by atoms with Crippen LogP contribution in [0.4, 0.5) is 17.6 Å². The Balaban J connectivity index is 3.23. The second kappa shape index (κ2) is 2.96. The summed E-state index contributed by atoms with van der Waals surface area (Å²) in [5.41, 5.74) is -1.31. The van der Waals surface area contributed by atoms with Gasteiger partial charge in [-0.15, -0.1) is 0 Å². The molecule has 1 heterocycles. The first-order chi connectivity index (χ1) is 5.41. The third kappa shape index (κ3) is 1.90. The molecule has 1 aromatic heterocycles. The molecule has 0 saturated carbocycles. The average molecular weight is 245 g/mol. The van der Waals surface area contributed by atoms with Crippen molar-refractivity contribution >= 4 is 15.9 Å². The van der Waals surface area contributed by atoms with E-state index >= 15 is 0 Å². The largest absolute Gasteiger partial charge is 0.434 e. The van der Waals surface area contributed by atoms with Crippen LogP contribution in [0.3, 0.4) is 0 Å². The molecule has 66 valence electrons. The second-order valence-corrected chi connectivity index (χ2v) is 2.69. The van der Waals surface area contributed by atoms with Gasteiger partial charge in [-0.3, -0.25) is 0 Å². The Morgan fingerprint density at radius 3 is 2.33 bits per heavy atom. The Morgan fingerprint density at radius 1 is 1.33 bits per heavy atom. The summed E-state index contributed by atoms with van der Waals surface area (Å²) < 4.78 is 47.6. The Hall–Kier alpha value is -0.720. The van der Waals surface area contributed by atoms with Crippen LogP contribution in [0.1, 0.15) is 5.69 Å². The second-order valence-electron chi connectivity index (χ2n) is 1.83. The maximum Gasteiger partial charge on any atom is 0.434 e. The monoisotopic (exact) mass is 244 g/mol. The summed E-state index contributed by atoms with van der Waals surface area (Å²) in [5, 5.41) is 0. The molecule has 0 unspecified atom stereocenters. The van der Waals surface area contributed by atoms with E-state index in [9.17, 15) is 17.6 Å². The highest BCUT2D eigenvalue weighted by Gasteiger charge is 2.35. The maximum absolute atomic E-state index is 12.1. The molecule has 0 atom stereocenters. The molecule has 0 aliphatic rings. The van der Waals surface area contributed by atoms with Crippen LogP contribution in [0, 0.1) is 6.08 Å². The zero-order valence-electron chi connectivity index (χ0n) is 5.36. The molecule has 0 saturated heterocycles. The van der Waals surface area contributed by atoms with Crippen LogP contribution < -0.4 is 0 Å². The van der Waals surface area contributed by atoms with E-state index in [1.807, 2.05) is 0 Å². The van der Waals surface area contributed by atoms with Crippen molar-refractivity contribution in [2.45, 2.75) is 6.18 Å². The topological polar surface area (TPSA) is 25.8 Å². The third-order valence-electron chi connectivity index (χ3n) is 0.983. The Bertz CT molecular complexity index is 298. The minimum absolute atomic E-state index is 0.378. The lowest BCUT2D eigenvalue weighted by Crippen LogP contribution is -2.10. The quantitative estimate of drug-likeness (QED) is 0.518. The molecule has 2 nitrogen and oxygen atoms in total. The van der Waals surface area contributed by atoms with E-state index in [4.69, 9.17) is 0 Å². The van der Waals surface area contributed by atoms with Crippen LogP contribution in [0.25, 0.3) is 0 Å². The lowest BCUT2D eigenvalue weighted by molar-refractivity contribution is -0.142. The maximum atomic E-state index is 12.1. The predicted molar refractivity (Wildman–Crippen MR) is 34.7 cm³/mol. The highest BCUT2D eigenvalue weighted by atomic mass is 79.9. The first-order valence-corrected chi connectivity index (χ1v) is 3.46. The molecule has 1 aromatic rings. The minimum atomic E-state index is -4.66. The van der Waals surface area contributed by atoms with Crippen molar-refractivity contribution in [2.24, 2.45) is 0 Å². The summed E-state index contributed by atoms with van der Waals surface area (Å²) in [6.45, 7) is 0. The summed E-state index contributed by atoms with van der Waals surface area (Å²) in [5.74, 6) is 0. The lowest BCUT2D eigenvalue weighted by Gasteiger charge is -2.05. The van der Waals surface area contributed by atoms with Crippen molar-refractivity contribution in [1.82, 2.24) is 9.97 Å². The van der Waals surface area contributed by atoms with Gasteiger partial charge in [-0.05, 0) is 15.9 Å². The Kier molecular flexibility index (Phi) is 2.31. The number of aromatic nitrogens is 2. The zero-order chi connectivity index (χ0) is 9.35. The van der Waals surface area contributed by atoms with Gasteiger partial charge in [0.25, 0.3) is 0 Å².